The number of rotatable bonds is 0. The third-order valence-electron chi connectivity index (χ3n) is 3.77. The molecule has 0 atom stereocenters. The van der Waals surface area contributed by atoms with Crippen LogP contribution in [-0.2, 0) is 0 Å². The van der Waals surface area contributed by atoms with Crippen LogP contribution in [0.3, 0.4) is 0 Å². The van der Waals surface area contributed by atoms with E-state index in [1.165, 1.54) is 0 Å². The lowest BCUT2D eigenvalue weighted by atomic mass is 9.81. The fourth-order valence-corrected chi connectivity index (χ4v) is 2.97. The van der Waals surface area contributed by atoms with Gasteiger partial charge in [0.1, 0.15) is 11.5 Å². The van der Waals surface area contributed by atoms with Gasteiger partial charge in [-0.05, 0) is 26.0 Å². The van der Waals surface area contributed by atoms with E-state index in [9.17, 15) is 9.90 Å². The van der Waals surface area contributed by atoms with Crippen molar-refractivity contribution in [3.05, 3.63) is 58.7 Å². The average Bonchev–Trinajstić information content (AvgIpc) is 2.42. The zero-order chi connectivity index (χ0) is 14.8. The highest BCUT2D eigenvalue weighted by Gasteiger charge is 2.38. The van der Waals surface area contributed by atoms with Crippen LogP contribution < -0.4 is 4.74 Å². The number of carbonyl (C=O) groups excluding carboxylic acids is 1. The van der Waals surface area contributed by atoms with Crippen molar-refractivity contribution in [3.63, 3.8) is 0 Å². The Morgan fingerprint density at radius 1 is 1.05 bits per heavy atom. The van der Waals surface area contributed by atoms with E-state index in [-0.39, 0.29) is 11.5 Å². The van der Waals surface area contributed by atoms with Gasteiger partial charge in [0, 0.05) is 11.1 Å². The van der Waals surface area contributed by atoms with Crippen LogP contribution in [0.15, 0.2) is 41.4 Å². The minimum absolute atomic E-state index is 0.0674. The number of nitrogens with zero attached hydrogens (tertiary/aromatic N) is 1. The lowest BCUT2D eigenvalue weighted by Gasteiger charge is -2.33. The summed E-state index contributed by atoms with van der Waals surface area (Å²) < 4.78 is 5.85. The van der Waals surface area contributed by atoms with Gasteiger partial charge in [0.05, 0.1) is 16.8 Å². The van der Waals surface area contributed by atoms with Crippen LogP contribution in [0.2, 0.25) is 0 Å². The first-order valence-corrected chi connectivity index (χ1v) is 6.77. The van der Waals surface area contributed by atoms with Gasteiger partial charge in [-0.15, -0.1) is 0 Å². The van der Waals surface area contributed by atoms with E-state index >= 15 is 0 Å². The van der Waals surface area contributed by atoms with E-state index in [1.807, 2.05) is 19.9 Å². The monoisotopic (exact) mass is 279 g/mol. The van der Waals surface area contributed by atoms with E-state index in [4.69, 9.17) is 4.74 Å². The molecule has 1 aliphatic carbocycles. The summed E-state index contributed by atoms with van der Waals surface area (Å²) in [5, 5.41) is 10.2. The number of fused-ring (bicyclic) bond motifs is 2. The summed E-state index contributed by atoms with van der Waals surface area (Å²) >= 11 is 0. The van der Waals surface area contributed by atoms with Crippen LogP contribution in [-0.4, -0.2) is 22.3 Å². The van der Waals surface area contributed by atoms with E-state index in [1.54, 1.807) is 30.3 Å². The number of hydrogen-bond donors (Lipinski definition) is 1. The normalized spacial score (nSPS) is 17.4. The summed E-state index contributed by atoms with van der Waals surface area (Å²) in [7, 11) is 0. The minimum Gasteiger partial charge on any atom is -0.507 e. The molecule has 0 aromatic heterocycles. The molecular weight excluding hydrogens is 266 g/mol. The number of aromatic hydroxyl groups is 1. The first-order chi connectivity index (χ1) is 9.98. The molecule has 2 aromatic carbocycles. The van der Waals surface area contributed by atoms with Crippen LogP contribution in [0.25, 0.3) is 0 Å². The molecule has 0 saturated heterocycles. The SMILES string of the molecule is CC1(C)N=C2c3c(O)cccc3C(=O)c3cccc(c32)O1. The van der Waals surface area contributed by atoms with Crippen LogP contribution in [0.1, 0.15) is 40.9 Å². The Morgan fingerprint density at radius 3 is 2.48 bits per heavy atom. The van der Waals surface area contributed by atoms with Crippen molar-refractivity contribution in [2.24, 2.45) is 4.99 Å². The first kappa shape index (κ1) is 12.1. The molecule has 104 valence electrons. The largest absolute Gasteiger partial charge is 0.507 e. The molecule has 2 aliphatic rings. The van der Waals surface area contributed by atoms with E-state index < -0.39 is 5.72 Å². The molecule has 1 N–H and O–H groups in total. The Kier molecular flexibility index (Phi) is 2.15. The third kappa shape index (κ3) is 1.56. The number of carbonyl (C=O) groups is 1. The molecule has 1 heterocycles. The molecule has 0 radical (unpaired) electrons. The number of ketones is 1. The number of phenols is 1. The summed E-state index contributed by atoms with van der Waals surface area (Å²) in [5.41, 5.74) is 2.12. The maximum Gasteiger partial charge on any atom is 0.195 e. The van der Waals surface area contributed by atoms with Crippen LogP contribution >= 0.6 is 0 Å². The Labute approximate surface area is 121 Å². The molecule has 0 spiro atoms. The van der Waals surface area contributed by atoms with Gasteiger partial charge in [-0.1, -0.05) is 24.3 Å². The third-order valence-corrected chi connectivity index (χ3v) is 3.77. The Morgan fingerprint density at radius 2 is 1.71 bits per heavy atom. The molecule has 0 saturated carbocycles. The number of hydrogen-bond acceptors (Lipinski definition) is 4. The summed E-state index contributed by atoms with van der Waals surface area (Å²) in [6, 6.07) is 10.4. The Hall–Kier alpha value is -2.62. The van der Waals surface area contributed by atoms with Gasteiger partial charge in [-0.3, -0.25) is 4.79 Å². The smallest absolute Gasteiger partial charge is 0.195 e. The second-order valence-electron chi connectivity index (χ2n) is 5.72. The van der Waals surface area contributed by atoms with Crippen LogP contribution in [0.5, 0.6) is 11.5 Å². The van der Waals surface area contributed by atoms with Crippen molar-refractivity contribution in [2.45, 2.75) is 19.6 Å². The number of phenolic OH excluding ortho intramolecular Hbond substituents is 1. The van der Waals surface area contributed by atoms with Crippen molar-refractivity contribution < 1.29 is 14.6 Å². The molecule has 0 unspecified atom stereocenters. The highest BCUT2D eigenvalue weighted by molar-refractivity contribution is 6.32. The molecule has 1 aliphatic heterocycles. The first-order valence-electron chi connectivity index (χ1n) is 6.77. The highest BCUT2D eigenvalue weighted by Crippen LogP contribution is 2.41. The zero-order valence-electron chi connectivity index (χ0n) is 11.7. The van der Waals surface area contributed by atoms with Gasteiger partial charge >= 0.3 is 0 Å². The lowest BCUT2D eigenvalue weighted by molar-refractivity contribution is 0.102. The summed E-state index contributed by atoms with van der Waals surface area (Å²) in [4.78, 5) is 17.2. The second-order valence-corrected chi connectivity index (χ2v) is 5.72. The quantitative estimate of drug-likeness (QED) is 0.688. The fourth-order valence-electron chi connectivity index (χ4n) is 2.97. The zero-order valence-corrected chi connectivity index (χ0v) is 11.7. The lowest BCUT2D eigenvalue weighted by Crippen LogP contribution is -2.35. The van der Waals surface area contributed by atoms with Gasteiger partial charge in [0.25, 0.3) is 0 Å². The van der Waals surface area contributed by atoms with Gasteiger partial charge in [-0.25, -0.2) is 4.99 Å². The van der Waals surface area contributed by atoms with Crippen molar-refractivity contribution >= 4 is 11.5 Å². The molecular formula is C17H13NO3. The summed E-state index contributed by atoms with van der Waals surface area (Å²) in [6.45, 7) is 3.71. The van der Waals surface area contributed by atoms with Crippen LogP contribution in [0, 0.1) is 0 Å². The number of aliphatic imine (C=N–C) groups is 1. The van der Waals surface area contributed by atoms with Gasteiger partial charge in [-0.2, -0.15) is 0 Å². The van der Waals surface area contributed by atoms with Gasteiger partial charge in [0.2, 0.25) is 0 Å². The topological polar surface area (TPSA) is 58.9 Å². The Bertz CT molecular complexity index is 834. The average molecular weight is 279 g/mol. The number of benzene rings is 2. The van der Waals surface area contributed by atoms with Crippen LogP contribution in [0.4, 0.5) is 0 Å². The fraction of sp³-hybridized carbons (Fsp3) is 0.176. The predicted molar refractivity (Wildman–Crippen MR) is 78.3 cm³/mol. The Balaban J connectivity index is 2.15. The maximum atomic E-state index is 12.6. The van der Waals surface area contributed by atoms with E-state index in [0.717, 1.165) is 0 Å². The standard InChI is InChI=1S/C17H13NO3/c1-17(2)18-15-13-9(5-3-7-11(13)19)16(20)10-6-4-8-12(21-17)14(10)15/h3-8,19H,1-2H3. The molecule has 2 aromatic rings. The second kappa shape index (κ2) is 3.73. The van der Waals surface area contributed by atoms with Gasteiger partial charge in [0.15, 0.2) is 11.5 Å². The summed E-state index contributed by atoms with van der Waals surface area (Å²) in [5.74, 6) is 0.586. The van der Waals surface area contributed by atoms with Gasteiger partial charge < -0.3 is 9.84 Å². The predicted octanol–water partition coefficient (Wildman–Crippen LogP) is 2.90. The molecule has 21 heavy (non-hydrogen) atoms. The van der Waals surface area contributed by atoms with Crippen molar-refractivity contribution in [2.75, 3.05) is 0 Å². The molecule has 0 bridgehead atoms. The van der Waals surface area contributed by atoms with Crippen molar-refractivity contribution in [1.82, 2.24) is 0 Å². The summed E-state index contributed by atoms with van der Waals surface area (Å²) in [6.07, 6.45) is 0. The molecule has 0 amide bonds. The minimum atomic E-state index is -0.735. The molecule has 0 fully saturated rings. The maximum absolute atomic E-state index is 12.6. The molecule has 4 nitrogen and oxygen atoms in total. The molecule has 4 heteroatoms. The van der Waals surface area contributed by atoms with Crippen molar-refractivity contribution in [1.29, 1.82) is 0 Å². The highest BCUT2D eigenvalue weighted by atomic mass is 16.5. The number of ether oxygens (including phenoxy) is 1. The van der Waals surface area contributed by atoms with E-state index in [2.05, 4.69) is 4.99 Å². The molecule has 4 rings (SSSR count). The van der Waals surface area contributed by atoms with E-state index in [0.29, 0.717) is 33.7 Å². The van der Waals surface area contributed by atoms with Crippen molar-refractivity contribution in [3.8, 4) is 11.5 Å².